The highest BCUT2D eigenvalue weighted by Gasteiger charge is 1.92. The van der Waals surface area contributed by atoms with Gasteiger partial charge in [-0.3, -0.25) is 4.52 Å². The lowest BCUT2D eigenvalue weighted by Crippen LogP contribution is -2.14. The first kappa shape index (κ1) is 9.02. The quantitative estimate of drug-likeness (QED) is 0.474. The highest BCUT2D eigenvalue weighted by Crippen LogP contribution is 1.99. The molecule has 2 N–H and O–H groups in total. The molecule has 0 aliphatic heterocycles. The van der Waals surface area contributed by atoms with Crippen molar-refractivity contribution in [2.24, 2.45) is 5.73 Å². The van der Waals surface area contributed by atoms with Crippen molar-refractivity contribution in [1.82, 2.24) is 0 Å². The molecule has 4 heteroatoms. The fourth-order valence-corrected chi connectivity index (χ4v) is 0.711. The third kappa shape index (κ3) is 8.02. The van der Waals surface area contributed by atoms with Gasteiger partial charge in [0.15, 0.2) is 0 Å². The summed E-state index contributed by atoms with van der Waals surface area (Å²) in [5, 5.41) is 0. The first-order valence-corrected chi connectivity index (χ1v) is 3.70. The smallest absolute Gasteiger partial charge is 0.327 e. The van der Waals surface area contributed by atoms with Gasteiger partial charge in [0.25, 0.3) is 0 Å². The van der Waals surface area contributed by atoms with E-state index in [4.69, 9.17) is 5.73 Å². The zero-order valence-corrected chi connectivity index (χ0v) is 6.43. The second-order valence-electron chi connectivity index (χ2n) is 2.03. The van der Waals surface area contributed by atoms with E-state index in [1.54, 1.807) is 0 Å². The minimum absolute atomic E-state index is 0.219. The number of nitrogens with two attached hydrogens (primary N) is 1. The average Bonchev–Trinajstić information content (AvgIpc) is 1.80. The van der Waals surface area contributed by atoms with Crippen LogP contribution in [-0.2, 0) is 9.09 Å². The second-order valence-corrected chi connectivity index (χ2v) is 2.43. The predicted octanol–water partition coefficient (Wildman–Crippen LogP) is 1.34. The van der Waals surface area contributed by atoms with E-state index in [0.29, 0.717) is 6.61 Å². The molecule has 0 aliphatic rings. The van der Waals surface area contributed by atoms with Crippen LogP contribution in [0.1, 0.15) is 19.8 Å². The van der Waals surface area contributed by atoms with Gasteiger partial charge in [0, 0.05) is 6.04 Å². The molecule has 0 aromatic carbocycles. The molecule has 0 saturated heterocycles. The van der Waals surface area contributed by atoms with Crippen molar-refractivity contribution >= 4 is 8.69 Å². The summed E-state index contributed by atoms with van der Waals surface area (Å²) in [6.45, 7) is 2.47. The van der Waals surface area contributed by atoms with Gasteiger partial charge in [0.2, 0.25) is 0 Å². The van der Waals surface area contributed by atoms with Gasteiger partial charge in [0.05, 0.1) is 6.61 Å². The highest BCUT2D eigenvalue weighted by atomic mass is 31.1. The molecule has 1 atom stereocenters. The van der Waals surface area contributed by atoms with Gasteiger partial charge >= 0.3 is 8.69 Å². The van der Waals surface area contributed by atoms with Crippen molar-refractivity contribution in [3.05, 3.63) is 0 Å². The molecule has 1 unspecified atom stereocenters. The Labute approximate surface area is 56.9 Å². The predicted molar refractivity (Wildman–Crippen MR) is 36.4 cm³/mol. The standard InChI is InChI=1S/C5H12NO2P/c1-5(6)3-2-4-8-9-7/h5H,2-4,6H2,1H3. The van der Waals surface area contributed by atoms with E-state index in [1.165, 1.54) is 0 Å². The Hall–Kier alpha value is 0.0200. The lowest BCUT2D eigenvalue weighted by Gasteiger charge is -2.00. The minimum atomic E-state index is -0.234. The highest BCUT2D eigenvalue weighted by molar-refractivity contribution is 7.17. The minimum Gasteiger partial charge on any atom is -0.328 e. The summed E-state index contributed by atoms with van der Waals surface area (Å²) < 4.78 is 14.2. The van der Waals surface area contributed by atoms with Crippen LogP contribution in [0.25, 0.3) is 0 Å². The molecule has 0 aliphatic carbocycles. The van der Waals surface area contributed by atoms with Crippen molar-refractivity contribution in [2.75, 3.05) is 6.61 Å². The van der Waals surface area contributed by atoms with Crippen LogP contribution < -0.4 is 5.73 Å². The maximum absolute atomic E-state index is 9.69. The van der Waals surface area contributed by atoms with Gasteiger partial charge < -0.3 is 5.73 Å². The first-order chi connectivity index (χ1) is 4.27. The van der Waals surface area contributed by atoms with Crippen LogP contribution in [0.5, 0.6) is 0 Å². The van der Waals surface area contributed by atoms with Crippen LogP contribution in [0.4, 0.5) is 0 Å². The van der Waals surface area contributed by atoms with E-state index in [1.807, 2.05) is 6.92 Å². The van der Waals surface area contributed by atoms with Crippen molar-refractivity contribution in [2.45, 2.75) is 25.8 Å². The maximum Gasteiger partial charge on any atom is 0.327 e. The third-order valence-electron chi connectivity index (χ3n) is 0.948. The molecule has 0 radical (unpaired) electrons. The van der Waals surface area contributed by atoms with Crippen LogP contribution in [0.15, 0.2) is 0 Å². The summed E-state index contributed by atoms with van der Waals surface area (Å²) in [7, 11) is -0.234. The lowest BCUT2D eigenvalue weighted by molar-refractivity contribution is 0.326. The van der Waals surface area contributed by atoms with Crippen molar-refractivity contribution < 1.29 is 9.09 Å². The number of rotatable bonds is 5. The molecule has 0 saturated carbocycles. The van der Waals surface area contributed by atoms with Crippen LogP contribution in [0, 0.1) is 0 Å². The van der Waals surface area contributed by atoms with E-state index in [9.17, 15) is 4.57 Å². The van der Waals surface area contributed by atoms with Crippen molar-refractivity contribution in [3.63, 3.8) is 0 Å². The Morgan fingerprint density at radius 2 is 2.44 bits per heavy atom. The van der Waals surface area contributed by atoms with Gasteiger partial charge in [0.1, 0.15) is 0 Å². The van der Waals surface area contributed by atoms with Crippen LogP contribution in [0.3, 0.4) is 0 Å². The fraction of sp³-hybridized carbons (Fsp3) is 1.00. The number of hydrogen-bond donors (Lipinski definition) is 1. The SMILES string of the molecule is CC(N)CCCOP=O. The molecule has 0 fully saturated rings. The fourth-order valence-electron chi connectivity index (χ4n) is 0.507. The Morgan fingerprint density at radius 3 is 2.89 bits per heavy atom. The summed E-state index contributed by atoms with van der Waals surface area (Å²) in [5.74, 6) is 0. The number of hydrogen-bond acceptors (Lipinski definition) is 3. The zero-order valence-electron chi connectivity index (χ0n) is 5.54. The van der Waals surface area contributed by atoms with E-state index in [0.717, 1.165) is 12.8 Å². The molecule has 54 valence electrons. The maximum atomic E-state index is 9.69. The molecule has 0 aromatic rings. The van der Waals surface area contributed by atoms with E-state index < -0.39 is 0 Å². The van der Waals surface area contributed by atoms with Gasteiger partial charge in [-0.2, -0.15) is 0 Å². The van der Waals surface area contributed by atoms with Crippen LogP contribution in [0.2, 0.25) is 0 Å². The Morgan fingerprint density at radius 1 is 1.78 bits per heavy atom. The Kier molecular flexibility index (Phi) is 6.16. The molecule has 9 heavy (non-hydrogen) atoms. The third-order valence-corrected chi connectivity index (χ3v) is 1.24. The molecule has 0 spiro atoms. The zero-order chi connectivity index (χ0) is 7.11. The molecule has 0 aromatic heterocycles. The monoisotopic (exact) mass is 149 g/mol. The summed E-state index contributed by atoms with van der Waals surface area (Å²) >= 11 is 0. The van der Waals surface area contributed by atoms with Crippen LogP contribution >= 0.6 is 8.69 Å². The molecule has 0 heterocycles. The molecule has 0 bridgehead atoms. The van der Waals surface area contributed by atoms with Gasteiger partial charge in [-0.05, 0) is 19.8 Å². The average molecular weight is 149 g/mol. The molecule has 0 rings (SSSR count). The van der Waals surface area contributed by atoms with Crippen molar-refractivity contribution in [1.29, 1.82) is 0 Å². The lowest BCUT2D eigenvalue weighted by atomic mass is 10.2. The van der Waals surface area contributed by atoms with Gasteiger partial charge in [-0.1, -0.05) is 0 Å². The van der Waals surface area contributed by atoms with Crippen molar-refractivity contribution in [3.8, 4) is 0 Å². The Bertz CT molecular complexity index is 77.4. The van der Waals surface area contributed by atoms with E-state index >= 15 is 0 Å². The van der Waals surface area contributed by atoms with Crippen LogP contribution in [-0.4, -0.2) is 12.6 Å². The van der Waals surface area contributed by atoms with Gasteiger partial charge in [-0.25, -0.2) is 4.57 Å². The second kappa shape index (κ2) is 6.14. The Balaban J connectivity index is 2.82. The van der Waals surface area contributed by atoms with E-state index in [-0.39, 0.29) is 14.7 Å². The normalized spacial score (nSPS) is 14.0. The molecule has 0 amide bonds. The largest absolute Gasteiger partial charge is 0.328 e. The topological polar surface area (TPSA) is 52.3 Å². The summed E-state index contributed by atoms with van der Waals surface area (Å²) in [6.07, 6.45) is 1.81. The van der Waals surface area contributed by atoms with Gasteiger partial charge in [-0.15, -0.1) is 0 Å². The first-order valence-electron chi connectivity index (χ1n) is 2.97. The summed E-state index contributed by atoms with van der Waals surface area (Å²) in [4.78, 5) is 0. The molecular formula is C5H12NO2P. The summed E-state index contributed by atoms with van der Waals surface area (Å²) in [5.41, 5.74) is 5.44. The molecule has 3 nitrogen and oxygen atoms in total. The summed E-state index contributed by atoms with van der Waals surface area (Å²) in [6, 6.07) is 0.219. The molecular weight excluding hydrogens is 137 g/mol. The van der Waals surface area contributed by atoms with E-state index in [2.05, 4.69) is 4.52 Å².